The maximum Gasteiger partial charge on any atom is 0.499 e. The van der Waals surface area contributed by atoms with Gasteiger partial charge in [0.2, 0.25) is 0 Å². The first-order chi connectivity index (χ1) is 7.20. The largest absolute Gasteiger partial charge is 0.499 e. The molecule has 0 aliphatic rings. The van der Waals surface area contributed by atoms with Crippen molar-refractivity contribution in [3.05, 3.63) is 47.8 Å². The second-order valence-electron chi connectivity index (χ2n) is 2.81. The Morgan fingerprint density at radius 2 is 1.47 bits per heavy atom. The predicted octanol–water partition coefficient (Wildman–Crippen LogP) is 0.697. The van der Waals surface area contributed by atoms with Crippen molar-refractivity contribution in [1.82, 2.24) is 0 Å². The van der Waals surface area contributed by atoms with Crippen molar-refractivity contribution in [1.29, 1.82) is 0 Å². The van der Waals surface area contributed by atoms with Crippen LogP contribution in [-0.2, 0) is 0 Å². The maximum absolute atomic E-state index is 8.55. The molecule has 0 aliphatic carbocycles. The van der Waals surface area contributed by atoms with E-state index in [0.717, 1.165) is 0 Å². The summed E-state index contributed by atoms with van der Waals surface area (Å²) < 4.78 is 0.479. The van der Waals surface area contributed by atoms with Crippen LogP contribution in [0.2, 0.25) is 0 Å². The van der Waals surface area contributed by atoms with Crippen LogP contribution in [0.15, 0.2) is 47.8 Å². The molecule has 0 bridgehead atoms. The summed E-state index contributed by atoms with van der Waals surface area (Å²) in [5.74, 6) is 0. The highest BCUT2D eigenvalue weighted by Crippen LogP contribution is 2.04. The minimum Gasteiger partial charge on any atom is -0.423 e. The van der Waals surface area contributed by atoms with E-state index in [4.69, 9.17) is 15.8 Å². The van der Waals surface area contributed by atoms with E-state index < -0.39 is 7.12 Å². The smallest absolute Gasteiger partial charge is 0.423 e. The molecule has 0 unspecified atom stereocenters. The van der Waals surface area contributed by atoms with Crippen LogP contribution in [0.3, 0.4) is 0 Å². The summed E-state index contributed by atoms with van der Waals surface area (Å²) in [7, 11) is -1.38. The molecule has 0 amide bonds. The molecule has 4 N–H and O–H groups in total. The van der Waals surface area contributed by atoms with Gasteiger partial charge in [-0.2, -0.15) is 11.3 Å². The van der Waals surface area contributed by atoms with Gasteiger partial charge in [-0.05, 0) is 6.07 Å². The summed E-state index contributed by atoms with van der Waals surface area (Å²) in [4.78, 5) is 0. The molecule has 0 radical (unpaired) electrons. The van der Waals surface area contributed by atoms with Crippen LogP contribution in [0.5, 0.6) is 0 Å². The lowest BCUT2D eigenvalue weighted by atomic mass is 9.90. The molecule has 0 saturated heterocycles. The summed E-state index contributed by atoms with van der Waals surface area (Å²) in [6, 6.07) is 13.5. The zero-order chi connectivity index (χ0) is 11.1. The number of thiophene rings is 1. The molecule has 78 valence electrons. The third kappa shape index (κ3) is 4.64. The topological polar surface area (TPSA) is 66.5 Å². The fourth-order valence-electron chi connectivity index (χ4n) is 0.889. The van der Waals surface area contributed by atoms with E-state index in [9.17, 15) is 0 Å². The Hall–Kier alpha value is -1.30. The third-order valence-electron chi connectivity index (χ3n) is 1.56. The predicted molar refractivity (Wildman–Crippen MR) is 65.0 cm³/mol. The molecular formula is C10H12BNO2S. The Morgan fingerprint density at radius 3 is 1.67 bits per heavy atom. The highest BCUT2D eigenvalue weighted by Gasteiger charge is 2.11. The fourth-order valence-corrected chi connectivity index (χ4v) is 1.55. The van der Waals surface area contributed by atoms with Crippen LogP contribution in [0.25, 0.3) is 0 Å². The Bertz CT molecular complexity index is 351. The molecular weight excluding hydrogens is 209 g/mol. The molecule has 2 rings (SSSR count). The number of benzene rings is 1. The lowest BCUT2D eigenvalue weighted by Gasteiger charge is -1.87. The molecule has 0 saturated carbocycles. The van der Waals surface area contributed by atoms with Crippen molar-refractivity contribution >= 4 is 28.9 Å². The summed E-state index contributed by atoms with van der Waals surface area (Å²) in [6.45, 7) is 0. The van der Waals surface area contributed by atoms with Crippen LogP contribution >= 0.6 is 11.3 Å². The van der Waals surface area contributed by atoms with Crippen molar-refractivity contribution < 1.29 is 10.0 Å². The van der Waals surface area contributed by atoms with Gasteiger partial charge >= 0.3 is 7.12 Å². The number of hydrogen-bond acceptors (Lipinski definition) is 4. The van der Waals surface area contributed by atoms with E-state index in [1.807, 2.05) is 36.4 Å². The number of nitrogens with two attached hydrogens (primary N) is 1. The zero-order valence-corrected chi connectivity index (χ0v) is 8.89. The second-order valence-corrected chi connectivity index (χ2v) is 3.75. The molecule has 2 aromatic rings. The van der Waals surface area contributed by atoms with Crippen molar-refractivity contribution in [2.75, 3.05) is 5.73 Å². The zero-order valence-electron chi connectivity index (χ0n) is 8.08. The van der Waals surface area contributed by atoms with E-state index in [1.54, 1.807) is 5.38 Å². The molecule has 15 heavy (non-hydrogen) atoms. The van der Waals surface area contributed by atoms with E-state index in [0.29, 0.717) is 10.5 Å². The van der Waals surface area contributed by atoms with E-state index in [-0.39, 0.29) is 0 Å². The minimum atomic E-state index is -1.38. The molecule has 1 heterocycles. The van der Waals surface area contributed by atoms with Gasteiger partial charge in [-0.25, -0.2) is 0 Å². The van der Waals surface area contributed by atoms with Crippen molar-refractivity contribution in [2.45, 2.75) is 0 Å². The van der Waals surface area contributed by atoms with Crippen LogP contribution < -0.4 is 10.5 Å². The molecule has 1 aromatic carbocycles. The number of rotatable bonds is 1. The summed E-state index contributed by atoms with van der Waals surface area (Å²) in [5.41, 5.74) is 5.88. The summed E-state index contributed by atoms with van der Waals surface area (Å²) >= 11 is 1.23. The van der Waals surface area contributed by atoms with Gasteiger partial charge in [-0.3, -0.25) is 0 Å². The van der Waals surface area contributed by atoms with Gasteiger partial charge in [0.15, 0.2) is 0 Å². The summed E-state index contributed by atoms with van der Waals surface area (Å²) in [6.07, 6.45) is 0. The van der Waals surface area contributed by atoms with Gasteiger partial charge in [-0.1, -0.05) is 36.4 Å². The van der Waals surface area contributed by atoms with E-state index >= 15 is 0 Å². The maximum atomic E-state index is 8.55. The Kier molecular flexibility index (Phi) is 4.90. The molecule has 0 fully saturated rings. The van der Waals surface area contributed by atoms with Gasteiger partial charge in [0, 0.05) is 15.8 Å². The van der Waals surface area contributed by atoms with Crippen LogP contribution in [0.1, 0.15) is 0 Å². The van der Waals surface area contributed by atoms with Crippen molar-refractivity contribution in [2.24, 2.45) is 0 Å². The third-order valence-corrected chi connectivity index (χ3v) is 2.55. The number of anilines is 1. The van der Waals surface area contributed by atoms with Gasteiger partial charge in [0.05, 0.1) is 0 Å². The van der Waals surface area contributed by atoms with Crippen LogP contribution in [-0.4, -0.2) is 17.2 Å². The highest BCUT2D eigenvalue weighted by atomic mass is 32.1. The second kappa shape index (κ2) is 6.24. The van der Waals surface area contributed by atoms with Crippen LogP contribution in [0.4, 0.5) is 5.69 Å². The minimum absolute atomic E-state index is 0.479. The molecule has 0 atom stereocenters. The Labute approximate surface area is 93.0 Å². The molecule has 3 nitrogen and oxygen atoms in total. The van der Waals surface area contributed by atoms with Gasteiger partial charge in [0.25, 0.3) is 0 Å². The lowest BCUT2D eigenvalue weighted by Crippen LogP contribution is -2.26. The Balaban J connectivity index is 0.000000162. The molecule has 0 spiro atoms. The molecule has 1 aromatic heterocycles. The van der Waals surface area contributed by atoms with Crippen molar-refractivity contribution in [3.63, 3.8) is 0 Å². The lowest BCUT2D eigenvalue weighted by molar-refractivity contribution is 0.427. The summed E-state index contributed by atoms with van der Waals surface area (Å²) in [5, 5.41) is 18.8. The van der Waals surface area contributed by atoms with E-state index in [2.05, 4.69) is 0 Å². The first kappa shape index (κ1) is 11.8. The Morgan fingerprint density at radius 1 is 1.00 bits per heavy atom. The SMILES string of the molecule is Nc1csc(B(O)O)c1.c1ccccc1. The average molecular weight is 221 g/mol. The monoisotopic (exact) mass is 221 g/mol. The normalized spacial score (nSPS) is 8.93. The standard InChI is InChI=1S/C6H6.C4H6BNO2S/c1-2-4-6-5-3-1;6-3-1-4(5(7)8)9-2-3/h1-6H;1-2,7-8H,6H2. The first-order valence-electron chi connectivity index (χ1n) is 4.40. The van der Waals surface area contributed by atoms with Gasteiger partial charge in [-0.15, -0.1) is 0 Å². The molecule has 5 heteroatoms. The average Bonchev–Trinajstić information content (AvgIpc) is 2.69. The van der Waals surface area contributed by atoms with E-state index in [1.165, 1.54) is 17.4 Å². The van der Waals surface area contributed by atoms with Crippen molar-refractivity contribution in [3.8, 4) is 0 Å². The fraction of sp³-hybridized carbons (Fsp3) is 0. The van der Waals surface area contributed by atoms with Crippen LogP contribution in [0, 0.1) is 0 Å². The highest BCUT2D eigenvalue weighted by molar-refractivity contribution is 7.20. The van der Waals surface area contributed by atoms with Gasteiger partial charge < -0.3 is 15.8 Å². The first-order valence-corrected chi connectivity index (χ1v) is 5.28. The molecule has 0 aliphatic heterocycles. The number of nitrogen functional groups attached to an aromatic ring is 1. The van der Waals surface area contributed by atoms with Gasteiger partial charge in [0.1, 0.15) is 0 Å². The quantitative estimate of drug-likeness (QED) is 0.621. The number of hydrogen-bond donors (Lipinski definition) is 3.